The normalized spacial score (nSPS) is 11.5. The molecule has 5 nitrogen and oxygen atoms in total. The van der Waals surface area contributed by atoms with Crippen LogP contribution in [0.2, 0.25) is 5.02 Å². The van der Waals surface area contributed by atoms with Gasteiger partial charge in [0.2, 0.25) is 15.9 Å². The van der Waals surface area contributed by atoms with Gasteiger partial charge in [-0.15, -0.1) is 0 Å². The Morgan fingerprint density at radius 1 is 0.900 bits per heavy atom. The van der Waals surface area contributed by atoms with E-state index in [1.165, 1.54) is 60.7 Å². The number of carbonyl (C=O) groups is 1. The molecule has 1 N–H and O–H groups in total. The first-order valence-electron chi connectivity index (χ1n) is 8.81. The van der Waals surface area contributed by atoms with Crippen molar-refractivity contribution >= 4 is 33.2 Å². The van der Waals surface area contributed by atoms with Gasteiger partial charge in [-0.25, -0.2) is 17.2 Å². The number of halogens is 3. The molecule has 0 unspecified atom stereocenters. The summed E-state index contributed by atoms with van der Waals surface area (Å²) in [5.74, 6) is -2.04. The third-order valence-corrected chi connectivity index (χ3v) is 6.28. The van der Waals surface area contributed by atoms with Gasteiger partial charge in [-0.1, -0.05) is 41.9 Å². The molecule has 0 saturated carbocycles. The Labute approximate surface area is 178 Å². The van der Waals surface area contributed by atoms with Crippen molar-refractivity contribution in [3.63, 3.8) is 0 Å². The molecule has 1 amide bonds. The zero-order valence-corrected chi connectivity index (χ0v) is 17.1. The fourth-order valence-electron chi connectivity index (χ4n) is 2.71. The summed E-state index contributed by atoms with van der Waals surface area (Å²) >= 11 is 5.82. The summed E-state index contributed by atoms with van der Waals surface area (Å²) < 4.78 is 55.0. The van der Waals surface area contributed by atoms with Gasteiger partial charge in [0.1, 0.15) is 11.6 Å². The summed E-state index contributed by atoms with van der Waals surface area (Å²) in [6, 6.07) is 16.5. The van der Waals surface area contributed by atoms with Gasteiger partial charge in [0.05, 0.1) is 17.1 Å². The van der Waals surface area contributed by atoms with Crippen molar-refractivity contribution in [3.05, 3.63) is 95.0 Å². The minimum atomic E-state index is -4.18. The van der Waals surface area contributed by atoms with E-state index in [1.54, 1.807) is 6.07 Å². The molecule has 0 radical (unpaired) electrons. The molecule has 0 spiro atoms. The summed E-state index contributed by atoms with van der Waals surface area (Å²) in [6.07, 6.45) is 0. The van der Waals surface area contributed by atoms with E-state index in [2.05, 4.69) is 5.32 Å². The van der Waals surface area contributed by atoms with Crippen LogP contribution in [0.15, 0.2) is 77.7 Å². The van der Waals surface area contributed by atoms with E-state index in [4.69, 9.17) is 11.6 Å². The van der Waals surface area contributed by atoms with Crippen molar-refractivity contribution in [1.29, 1.82) is 0 Å². The van der Waals surface area contributed by atoms with Crippen LogP contribution in [-0.2, 0) is 21.4 Å². The summed E-state index contributed by atoms with van der Waals surface area (Å²) in [5, 5.41) is 2.68. The van der Waals surface area contributed by atoms with Crippen molar-refractivity contribution in [3.8, 4) is 0 Å². The van der Waals surface area contributed by atoms with Crippen LogP contribution < -0.4 is 5.32 Å². The fraction of sp³-hybridized carbons (Fsp3) is 0.0952. The van der Waals surface area contributed by atoms with Crippen molar-refractivity contribution in [2.45, 2.75) is 11.4 Å². The molecule has 3 aromatic carbocycles. The number of para-hydroxylation sites is 1. The molecule has 0 bridgehead atoms. The third kappa shape index (κ3) is 5.21. The minimum absolute atomic E-state index is 0.0859. The van der Waals surface area contributed by atoms with Crippen LogP contribution in [0.5, 0.6) is 0 Å². The Kier molecular flexibility index (Phi) is 6.81. The smallest absolute Gasteiger partial charge is 0.243 e. The Morgan fingerprint density at radius 3 is 2.13 bits per heavy atom. The van der Waals surface area contributed by atoms with E-state index in [1.807, 2.05) is 0 Å². The lowest BCUT2D eigenvalue weighted by molar-refractivity contribution is -0.116. The van der Waals surface area contributed by atoms with E-state index < -0.39 is 34.1 Å². The summed E-state index contributed by atoms with van der Waals surface area (Å²) in [7, 11) is -4.18. The highest BCUT2D eigenvalue weighted by Crippen LogP contribution is 2.22. The molecule has 156 valence electrons. The SMILES string of the molecule is O=C(CN(Cc1ccccc1F)S(=O)(=O)c1ccc(Cl)cc1)Nc1ccccc1F. The molecule has 0 aliphatic rings. The first-order valence-corrected chi connectivity index (χ1v) is 10.6. The van der Waals surface area contributed by atoms with Crippen LogP contribution in [0, 0.1) is 11.6 Å². The van der Waals surface area contributed by atoms with E-state index in [9.17, 15) is 22.0 Å². The Hall–Kier alpha value is -2.81. The molecule has 9 heteroatoms. The van der Waals surface area contributed by atoms with Gasteiger partial charge in [-0.3, -0.25) is 4.79 Å². The highest BCUT2D eigenvalue weighted by molar-refractivity contribution is 7.89. The number of hydrogen-bond acceptors (Lipinski definition) is 3. The Balaban J connectivity index is 1.91. The monoisotopic (exact) mass is 450 g/mol. The topological polar surface area (TPSA) is 66.5 Å². The van der Waals surface area contributed by atoms with Gasteiger partial charge in [-0.2, -0.15) is 4.31 Å². The zero-order valence-electron chi connectivity index (χ0n) is 15.6. The molecule has 0 fully saturated rings. The summed E-state index contributed by atoms with van der Waals surface area (Å²) in [5.41, 5.74) is 0.00552. The van der Waals surface area contributed by atoms with Crippen molar-refractivity contribution in [1.82, 2.24) is 4.31 Å². The Morgan fingerprint density at radius 2 is 1.50 bits per heavy atom. The largest absolute Gasteiger partial charge is 0.322 e. The van der Waals surface area contributed by atoms with Gasteiger partial charge in [0, 0.05) is 17.1 Å². The van der Waals surface area contributed by atoms with E-state index in [0.717, 1.165) is 10.4 Å². The first kappa shape index (κ1) is 21.9. The second-order valence-electron chi connectivity index (χ2n) is 6.35. The predicted octanol–water partition coefficient (Wildman–Crippen LogP) is 4.45. The van der Waals surface area contributed by atoms with E-state index in [0.29, 0.717) is 5.02 Å². The lowest BCUT2D eigenvalue weighted by Gasteiger charge is -2.22. The van der Waals surface area contributed by atoms with Crippen molar-refractivity contribution in [2.24, 2.45) is 0 Å². The molecule has 0 aliphatic carbocycles. The molecular weight excluding hydrogens is 434 g/mol. The zero-order chi connectivity index (χ0) is 21.7. The number of sulfonamides is 1. The molecule has 30 heavy (non-hydrogen) atoms. The third-order valence-electron chi connectivity index (χ3n) is 4.22. The summed E-state index contributed by atoms with van der Waals surface area (Å²) in [4.78, 5) is 12.4. The second kappa shape index (κ2) is 9.34. The second-order valence-corrected chi connectivity index (χ2v) is 8.72. The number of benzene rings is 3. The molecular formula is C21H17ClF2N2O3S. The van der Waals surface area contributed by atoms with E-state index in [-0.39, 0.29) is 22.7 Å². The number of amides is 1. The average Bonchev–Trinajstić information content (AvgIpc) is 2.71. The van der Waals surface area contributed by atoms with Crippen LogP contribution >= 0.6 is 11.6 Å². The van der Waals surface area contributed by atoms with Crippen LogP contribution in [-0.4, -0.2) is 25.2 Å². The highest BCUT2D eigenvalue weighted by Gasteiger charge is 2.28. The van der Waals surface area contributed by atoms with Gasteiger partial charge in [0.25, 0.3) is 0 Å². The predicted molar refractivity (Wildman–Crippen MR) is 110 cm³/mol. The maximum atomic E-state index is 14.1. The number of nitrogens with zero attached hydrogens (tertiary/aromatic N) is 1. The van der Waals surface area contributed by atoms with Crippen molar-refractivity contribution in [2.75, 3.05) is 11.9 Å². The number of anilines is 1. The highest BCUT2D eigenvalue weighted by atomic mass is 35.5. The van der Waals surface area contributed by atoms with Crippen LogP contribution in [0.3, 0.4) is 0 Å². The number of hydrogen-bond donors (Lipinski definition) is 1. The van der Waals surface area contributed by atoms with E-state index >= 15 is 0 Å². The van der Waals surface area contributed by atoms with Crippen molar-refractivity contribution < 1.29 is 22.0 Å². The molecule has 0 heterocycles. The minimum Gasteiger partial charge on any atom is -0.322 e. The fourth-order valence-corrected chi connectivity index (χ4v) is 4.21. The van der Waals surface area contributed by atoms with Crippen LogP contribution in [0.4, 0.5) is 14.5 Å². The molecule has 0 aromatic heterocycles. The van der Waals surface area contributed by atoms with Gasteiger partial charge in [-0.05, 0) is 42.5 Å². The molecule has 0 aliphatic heterocycles. The number of carbonyl (C=O) groups excluding carboxylic acids is 1. The molecule has 3 aromatic rings. The molecule has 3 rings (SSSR count). The number of rotatable bonds is 7. The maximum absolute atomic E-state index is 14.1. The lowest BCUT2D eigenvalue weighted by Crippen LogP contribution is -2.37. The van der Waals surface area contributed by atoms with Gasteiger partial charge in [0.15, 0.2) is 0 Å². The Bertz CT molecular complexity index is 1150. The quantitative estimate of drug-likeness (QED) is 0.578. The lowest BCUT2D eigenvalue weighted by atomic mass is 10.2. The van der Waals surface area contributed by atoms with Gasteiger partial charge >= 0.3 is 0 Å². The summed E-state index contributed by atoms with van der Waals surface area (Å²) in [6.45, 7) is -1.03. The number of nitrogens with one attached hydrogen (secondary N) is 1. The molecule has 0 saturated heterocycles. The average molecular weight is 451 g/mol. The molecule has 0 atom stereocenters. The van der Waals surface area contributed by atoms with Crippen LogP contribution in [0.25, 0.3) is 0 Å². The standard InChI is InChI=1S/C21H17ClF2N2O3S/c22-16-9-11-17(12-10-16)30(28,29)26(13-15-5-1-2-6-18(15)23)14-21(27)25-20-8-4-3-7-19(20)24/h1-12H,13-14H2,(H,25,27). The van der Waals surface area contributed by atoms with Crippen LogP contribution in [0.1, 0.15) is 5.56 Å². The first-order chi connectivity index (χ1) is 14.3. The van der Waals surface area contributed by atoms with Gasteiger partial charge < -0.3 is 5.32 Å². The maximum Gasteiger partial charge on any atom is 0.243 e.